The van der Waals surface area contributed by atoms with Crippen LogP contribution in [0.1, 0.15) is 5.56 Å². The highest BCUT2D eigenvalue weighted by molar-refractivity contribution is 7.95. The summed E-state index contributed by atoms with van der Waals surface area (Å²) in [4.78, 5) is 4.80. The summed E-state index contributed by atoms with van der Waals surface area (Å²) in [6, 6.07) is 4.79. The molecule has 0 aromatic heterocycles. The summed E-state index contributed by atoms with van der Waals surface area (Å²) in [5.41, 5.74) is 0.603. The van der Waals surface area contributed by atoms with E-state index >= 15 is 0 Å². The first-order valence-corrected chi connectivity index (χ1v) is 6.03. The van der Waals surface area contributed by atoms with E-state index in [0.29, 0.717) is 11.3 Å². The van der Waals surface area contributed by atoms with Crippen molar-refractivity contribution in [1.82, 2.24) is 0 Å². The van der Waals surface area contributed by atoms with Gasteiger partial charge in [-0.2, -0.15) is 0 Å². The van der Waals surface area contributed by atoms with Gasteiger partial charge in [0.25, 0.3) is 0 Å². The van der Waals surface area contributed by atoms with E-state index in [-0.39, 0.29) is 16.4 Å². The minimum atomic E-state index is -3.43. The second-order valence-electron chi connectivity index (χ2n) is 3.33. The Labute approximate surface area is 93.3 Å². The Morgan fingerprint density at radius 3 is 2.75 bits per heavy atom. The largest absolute Gasteiger partial charge is 0.497 e. The molecule has 0 fully saturated rings. The van der Waals surface area contributed by atoms with Gasteiger partial charge in [-0.05, 0) is 29.8 Å². The Hall–Kier alpha value is -1.37. The standard InChI is InChI=1S/C10H11NO4S/c1-14-8-2-3-10-7(4-8)5-9(6-15-11)16(10,12)13/h2-5H,6,11H2,1H3. The predicted octanol–water partition coefficient (Wildman–Crippen LogP) is 0.714. The van der Waals surface area contributed by atoms with Crippen LogP contribution in [0.2, 0.25) is 0 Å². The van der Waals surface area contributed by atoms with E-state index < -0.39 is 9.84 Å². The van der Waals surface area contributed by atoms with Crippen LogP contribution in [0.5, 0.6) is 5.75 Å². The van der Waals surface area contributed by atoms with Gasteiger partial charge in [0.15, 0.2) is 0 Å². The molecule has 0 atom stereocenters. The molecule has 2 rings (SSSR count). The first-order chi connectivity index (χ1) is 7.59. The fraction of sp³-hybridized carbons (Fsp3) is 0.200. The van der Waals surface area contributed by atoms with Crippen molar-refractivity contribution in [1.29, 1.82) is 0 Å². The Balaban J connectivity index is 2.54. The maximum absolute atomic E-state index is 11.9. The zero-order chi connectivity index (χ0) is 11.8. The molecule has 6 heteroatoms. The van der Waals surface area contributed by atoms with Crippen molar-refractivity contribution < 1.29 is 18.0 Å². The van der Waals surface area contributed by atoms with Crippen molar-refractivity contribution in [2.24, 2.45) is 5.90 Å². The number of hydrogen-bond acceptors (Lipinski definition) is 5. The van der Waals surface area contributed by atoms with Crippen molar-refractivity contribution in [2.45, 2.75) is 4.90 Å². The molecule has 5 nitrogen and oxygen atoms in total. The number of hydrogen-bond donors (Lipinski definition) is 1. The minimum absolute atomic E-state index is 0.126. The lowest BCUT2D eigenvalue weighted by molar-refractivity contribution is 0.166. The van der Waals surface area contributed by atoms with E-state index in [1.54, 1.807) is 18.2 Å². The average Bonchev–Trinajstić information content (AvgIpc) is 2.51. The van der Waals surface area contributed by atoms with Crippen LogP contribution in [-0.2, 0) is 14.7 Å². The van der Waals surface area contributed by atoms with Gasteiger partial charge in [-0.25, -0.2) is 14.3 Å². The van der Waals surface area contributed by atoms with Gasteiger partial charge in [0.2, 0.25) is 9.84 Å². The molecule has 1 aliphatic rings. The topological polar surface area (TPSA) is 78.6 Å². The highest BCUT2D eigenvalue weighted by Gasteiger charge is 2.29. The van der Waals surface area contributed by atoms with Gasteiger partial charge in [0, 0.05) is 0 Å². The molecule has 0 radical (unpaired) electrons. The zero-order valence-electron chi connectivity index (χ0n) is 8.64. The third-order valence-electron chi connectivity index (χ3n) is 2.39. The quantitative estimate of drug-likeness (QED) is 0.788. The molecular weight excluding hydrogens is 230 g/mol. The normalized spacial score (nSPS) is 16.8. The third-order valence-corrected chi connectivity index (χ3v) is 4.27. The Bertz CT molecular complexity index is 548. The lowest BCUT2D eigenvalue weighted by Crippen LogP contribution is -2.09. The maximum Gasteiger partial charge on any atom is 0.205 e. The highest BCUT2D eigenvalue weighted by Crippen LogP contribution is 2.34. The molecule has 1 aliphatic heterocycles. The van der Waals surface area contributed by atoms with Crippen LogP contribution in [0.15, 0.2) is 28.0 Å². The molecule has 0 saturated heterocycles. The van der Waals surface area contributed by atoms with E-state index in [2.05, 4.69) is 4.84 Å². The monoisotopic (exact) mass is 241 g/mol. The number of methoxy groups -OCH3 is 1. The molecule has 0 aliphatic carbocycles. The van der Waals surface area contributed by atoms with Crippen molar-refractivity contribution in [3.05, 3.63) is 28.7 Å². The number of ether oxygens (including phenoxy) is 1. The van der Waals surface area contributed by atoms with Crippen LogP contribution in [0.3, 0.4) is 0 Å². The molecule has 1 aromatic carbocycles. The van der Waals surface area contributed by atoms with Crippen LogP contribution in [0.4, 0.5) is 0 Å². The number of fused-ring (bicyclic) bond motifs is 1. The second kappa shape index (κ2) is 3.89. The van der Waals surface area contributed by atoms with Crippen LogP contribution in [0, 0.1) is 0 Å². The third kappa shape index (κ3) is 1.60. The number of benzene rings is 1. The van der Waals surface area contributed by atoms with Gasteiger partial charge in [-0.3, -0.25) is 4.84 Å². The van der Waals surface area contributed by atoms with Crippen molar-refractivity contribution >= 4 is 15.9 Å². The summed E-state index contributed by atoms with van der Waals surface area (Å²) < 4.78 is 28.9. The van der Waals surface area contributed by atoms with E-state index in [0.717, 1.165) is 0 Å². The number of rotatable bonds is 3. The first-order valence-electron chi connectivity index (χ1n) is 4.55. The molecule has 0 bridgehead atoms. The van der Waals surface area contributed by atoms with Gasteiger partial charge < -0.3 is 4.74 Å². The van der Waals surface area contributed by atoms with Crippen molar-refractivity contribution in [3.8, 4) is 5.75 Å². The van der Waals surface area contributed by atoms with Gasteiger partial charge in [-0.1, -0.05) is 0 Å². The smallest absolute Gasteiger partial charge is 0.205 e. The van der Waals surface area contributed by atoms with Crippen molar-refractivity contribution in [2.75, 3.05) is 13.7 Å². The Morgan fingerprint density at radius 1 is 1.38 bits per heavy atom. The van der Waals surface area contributed by atoms with Gasteiger partial charge in [-0.15, -0.1) is 0 Å². The number of nitrogens with two attached hydrogens (primary N) is 1. The summed E-state index contributed by atoms with van der Waals surface area (Å²) in [5, 5.41) is 0. The molecule has 1 aromatic rings. The van der Waals surface area contributed by atoms with E-state index in [1.165, 1.54) is 13.2 Å². The van der Waals surface area contributed by atoms with Crippen LogP contribution in [0.25, 0.3) is 6.08 Å². The molecule has 2 N–H and O–H groups in total. The summed E-state index contributed by atoms with van der Waals surface area (Å²) >= 11 is 0. The van der Waals surface area contributed by atoms with Crippen LogP contribution in [-0.4, -0.2) is 22.1 Å². The summed E-state index contributed by atoms with van der Waals surface area (Å²) in [5.74, 6) is 5.50. The Kier molecular flexibility index (Phi) is 2.71. The SMILES string of the molecule is COc1ccc2c(c1)C=C(CON)S2(=O)=O. The van der Waals surface area contributed by atoms with Crippen molar-refractivity contribution in [3.63, 3.8) is 0 Å². The van der Waals surface area contributed by atoms with E-state index in [4.69, 9.17) is 10.6 Å². The van der Waals surface area contributed by atoms with Gasteiger partial charge in [0.05, 0.1) is 16.9 Å². The molecular formula is C10H11NO4S. The fourth-order valence-electron chi connectivity index (χ4n) is 1.60. The lowest BCUT2D eigenvalue weighted by Gasteiger charge is -2.03. The molecule has 16 heavy (non-hydrogen) atoms. The Morgan fingerprint density at radius 2 is 2.12 bits per heavy atom. The van der Waals surface area contributed by atoms with Gasteiger partial charge >= 0.3 is 0 Å². The number of sulfone groups is 1. The van der Waals surface area contributed by atoms with Crippen LogP contribution >= 0.6 is 0 Å². The van der Waals surface area contributed by atoms with E-state index in [1.807, 2.05) is 0 Å². The first kappa shape index (κ1) is 11.1. The average molecular weight is 241 g/mol. The van der Waals surface area contributed by atoms with Crippen LogP contribution < -0.4 is 10.6 Å². The minimum Gasteiger partial charge on any atom is -0.497 e. The highest BCUT2D eigenvalue weighted by atomic mass is 32.2. The molecule has 86 valence electrons. The lowest BCUT2D eigenvalue weighted by atomic mass is 10.2. The maximum atomic E-state index is 11.9. The second-order valence-corrected chi connectivity index (χ2v) is 5.30. The molecule has 0 amide bonds. The summed E-state index contributed by atoms with van der Waals surface area (Å²) in [6.45, 7) is -0.126. The fourth-order valence-corrected chi connectivity index (χ4v) is 3.07. The predicted molar refractivity (Wildman–Crippen MR) is 58.3 cm³/mol. The zero-order valence-corrected chi connectivity index (χ0v) is 9.45. The molecule has 1 heterocycles. The molecule has 0 saturated carbocycles. The molecule has 0 unspecified atom stereocenters. The van der Waals surface area contributed by atoms with E-state index in [9.17, 15) is 8.42 Å². The van der Waals surface area contributed by atoms with Gasteiger partial charge in [0.1, 0.15) is 12.4 Å². The molecule has 0 spiro atoms. The summed E-state index contributed by atoms with van der Waals surface area (Å²) in [6.07, 6.45) is 1.54. The summed E-state index contributed by atoms with van der Waals surface area (Å²) in [7, 11) is -1.91.